The van der Waals surface area contributed by atoms with Gasteiger partial charge < -0.3 is 15.3 Å². The second kappa shape index (κ2) is 5.59. The number of hydrogen-bond donors (Lipinski definition) is 3. The lowest BCUT2D eigenvalue weighted by atomic mass is 10.2. The van der Waals surface area contributed by atoms with Gasteiger partial charge in [-0.25, -0.2) is 9.97 Å². The van der Waals surface area contributed by atoms with Crippen LogP contribution < -0.4 is 10.9 Å². The Balaban J connectivity index is 1.53. The Hall–Kier alpha value is -2.96. The van der Waals surface area contributed by atoms with E-state index in [1.54, 1.807) is 0 Å². The summed E-state index contributed by atoms with van der Waals surface area (Å²) in [6.45, 7) is 1.82. The molecular weight excluding hydrogens is 306 g/mol. The zero-order valence-corrected chi connectivity index (χ0v) is 13.2. The predicted octanol–water partition coefficient (Wildman–Crippen LogP) is 2.01. The second-order valence-corrected chi connectivity index (χ2v) is 6.12. The fourth-order valence-corrected chi connectivity index (χ4v) is 2.65. The number of nitrogens with one attached hydrogen (secondary N) is 3. The van der Waals surface area contributed by atoms with E-state index in [9.17, 15) is 9.59 Å². The van der Waals surface area contributed by atoms with E-state index >= 15 is 0 Å². The number of aromatic amines is 2. The number of para-hydroxylation sites is 2. The smallest absolute Gasteiger partial charge is 0.263 e. The molecule has 1 aliphatic carbocycles. The Morgan fingerprint density at radius 3 is 2.79 bits per heavy atom. The van der Waals surface area contributed by atoms with Crippen molar-refractivity contribution >= 4 is 16.9 Å². The highest BCUT2D eigenvalue weighted by Gasteiger charge is 2.27. The molecule has 3 aromatic rings. The molecule has 122 valence electrons. The molecule has 0 spiro atoms. The average molecular weight is 323 g/mol. The third-order valence-corrected chi connectivity index (χ3v) is 4.19. The molecule has 0 bridgehead atoms. The lowest BCUT2D eigenvalue weighted by Crippen LogP contribution is -2.32. The monoisotopic (exact) mass is 323 g/mol. The van der Waals surface area contributed by atoms with Crippen LogP contribution in [0.2, 0.25) is 0 Å². The number of carbonyl (C=O) groups is 1. The van der Waals surface area contributed by atoms with Crippen molar-refractivity contribution in [1.29, 1.82) is 0 Å². The minimum absolute atomic E-state index is 0.0161. The Morgan fingerprint density at radius 1 is 1.29 bits per heavy atom. The van der Waals surface area contributed by atoms with Crippen molar-refractivity contribution < 1.29 is 4.79 Å². The van der Waals surface area contributed by atoms with Gasteiger partial charge in [0.25, 0.3) is 11.5 Å². The molecule has 7 heteroatoms. The molecule has 2 aromatic heterocycles. The number of benzene rings is 1. The second-order valence-electron chi connectivity index (χ2n) is 6.12. The van der Waals surface area contributed by atoms with Gasteiger partial charge in [0.2, 0.25) is 0 Å². The Labute approximate surface area is 137 Å². The molecule has 1 amide bonds. The highest BCUT2D eigenvalue weighted by Crippen LogP contribution is 2.37. The summed E-state index contributed by atoms with van der Waals surface area (Å²) in [6.07, 6.45) is 3.43. The molecule has 1 aromatic carbocycles. The summed E-state index contributed by atoms with van der Waals surface area (Å²) in [7, 11) is 0. The lowest BCUT2D eigenvalue weighted by molar-refractivity contribution is 0.0936. The van der Waals surface area contributed by atoms with Gasteiger partial charge in [0, 0.05) is 12.1 Å². The lowest BCUT2D eigenvalue weighted by Gasteiger charge is -2.11. The van der Waals surface area contributed by atoms with E-state index in [-0.39, 0.29) is 11.6 Å². The molecule has 2 heterocycles. The van der Waals surface area contributed by atoms with Crippen LogP contribution in [0.1, 0.15) is 53.7 Å². The van der Waals surface area contributed by atoms with Crippen molar-refractivity contribution in [1.82, 2.24) is 25.3 Å². The molecule has 3 N–H and O–H groups in total. The standard InChI is InChI=1S/C17H17N5O2/c1-9(14-20-12-4-2-3-5-13(12)21-14)19-16(23)11-8-18-15(10-6-7-10)22-17(11)24/h2-5,8-10H,6-7H2,1H3,(H,19,23)(H,20,21)(H,18,22,24). The first-order valence-corrected chi connectivity index (χ1v) is 7.96. The number of carbonyl (C=O) groups excluding carboxylic acids is 1. The van der Waals surface area contributed by atoms with E-state index in [0.29, 0.717) is 17.6 Å². The van der Waals surface area contributed by atoms with Crippen LogP contribution in [-0.2, 0) is 0 Å². The molecule has 1 saturated carbocycles. The van der Waals surface area contributed by atoms with Crippen LogP contribution in [0.15, 0.2) is 35.3 Å². The molecule has 1 fully saturated rings. The largest absolute Gasteiger partial charge is 0.342 e. The van der Waals surface area contributed by atoms with Gasteiger partial charge in [0.05, 0.1) is 17.1 Å². The van der Waals surface area contributed by atoms with Crippen LogP contribution >= 0.6 is 0 Å². The third kappa shape index (κ3) is 2.68. The van der Waals surface area contributed by atoms with Gasteiger partial charge in [-0.2, -0.15) is 0 Å². The van der Waals surface area contributed by atoms with Gasteiger partial charge in [-0.3, -0.25) is 9.59 Å². The van der Waals surface area contributed by atoms with Crippen molar-refractivity contribution in [2.75, 3.05) is 0 Å². The molecule has 1 atom stereocenters. The van der Waals surface area contributed by atoms with Gasteiger partial charge in [-0.15, -0.1) is 0 Å². The summed E-state index contributed by atoms with van der Waals surface area (Å²) in [5.74, 6) is 1.19. The van der Waals surface area contributed by atoms with E-state index in [4.69, 9.17) is 0 Å². The summed E-state index contributed by atoms with van der Waals surface area (Å²) in [5, 5.41) is 2.79. The Bertz CT molecular complexity index is 937. The summed E-state index contributed by atoms with van der Waals surface area (Å²) < 4.78 is 0. The van der Waals surface area contributed by atoms with Gasteiger partial charge >= 0.3 is 0 Å². The van der Waals surface area contributed by atoms with Crippen molar-refractivity contribution in [2.24, 2.45) is 0 Å². The molecule has 24 heavy (non-hydrogen) atoms. The van der Waals surface area contributed by atoms with Crippen molar-refractivity contribution in [3.8, 4) is 0 Å². The van der Waals surface area contributed by atoms with Gasteiger partial charge in [0.15, 0.2) is 0 Å². The molecule has 4 rings (SSSR count). The van der Waals surface area contributed by atoms with E-state index in [1.165, 1.54) is 6.20 Å². The number of hydrogen-bond acceptors (Lipinski definition) is 4. The minimum Gasteiger partial charge on any atom is -0.342 e. The van der Waals surface area contributed by atoms with Crippen molar-refractivity contribution in [2.45, 2.75) is 31.7 Å². The summed E-state index contributed by atoms with van der Waals surface area (Å²) in [5.41, 5.74) is 1.35. The molecule has 0 aliphatic heterocycles. The maximum absolute atomic E-state index is 12.3. The van der Waals surface area contributed by atoms with Gasteiger partial charge in [-0.1, -0.05) is 12.1 Å². The Morgan fingerprint density at radius 2 is 2.08 bits per heavy atom. The predicted molar refractivity (Wildman–Crippen MR) is 88.8 cm³/mol. The van der Waals surface area contributed by atoms with E-state index in [1.807, 2.05) is 31.2 Å². The highest BCUT2D eigenvalue weighted by atomic mass is 16.2. The molecular formula is C17H17N5O2. The molecule has 0 radical (unpaired) electrons. The van der Waals surface area contributed by atoms with Crippen LogP contribution in [0.25, 0.3) is 11.0 Å². The molecule has 0 saturated heterocycles. The van der Waals surface area contributed by atoms with Crippen LogP contribution in [0.5, 0.6) is 0 Å². The number of rotatable bonds is 4. The molecule has 1 aliphatic rings. The minimum atomic E-state index is -0.459. The first-order chi connectivity index (χ1) is 11.6. The SMILES string of the molecule is CC(NC(=O)c1cnc(C2CC2)[nH]c1=O)c1nc2ccccc2[nH]1. The third-order valence-electron chi connectivity index (χ3n) is 4.19. The fourth-order valence-electron chi connectivity index (χ4n) is 2.65. The Kier molecular flexibility index (Phi) is 3.41. The number of imidazole rings is 1. The maximum Gasteiger partial charge on any atom is 0.263 e. The summed E-state index contributed by atoms with van der Waals surface area (Å²) in [4.78, 5) is 39.0. The van der Waals surface area contributed by atoms with E-state index in [2.05, 4.69) is 25.3 Å². The number of fused-ring (bicyclic) bond motifs is 1. The number of amides is 1. The van der Waals surface area contributed by atoms with Crippen LogP contribution in [0.4, 0.5) is 0 Å². The van der Waals surface area contributed by atoms with Gasteiger partial charge in [0.1, 0.15) is 17.2 Å². The zero-order chi connectivity index (χ0) is 16.7. The number of aromatic nitrogens is 4. The fraction of sp³-hybridized carbons (Fsp3) is 0.294. The molecule has 7 nitrogen and oxygen atoms in total. The van der Waals surface area contributed by atoms with Gasteiger partial charge in [-0.05, 0) is 31.9 Å². The summed E-state index contributed by atoms with van der Waals surface area (Å²) >= 11 is 0. The maximum atomic E-state index is 12.3. The van der Waals surface area contributed by atoms with Crippen LogP contribution in [-0.4, -0.2) is 25.8 Å². The van der Waals surface area contributed by atoms with Crippen LogP contribution in [0, 0.1) is 0 Å². The van der Waals surface area contributed by atoms with Crippen molar-refractivity contribution in [3.63, 3.8) is 0 Å². The quantitative estimate of drug-likeness (QED) is 0.683. The number of H-pyrrole nitrogens is 2. The number of nitrogens with zero attached hydrogens (tertiary/aromatic N) is 2. The highest BCUT2D eigenvalue weighted by molar-refractivity contribution is 5.93. The normalized spacial score (nSPS) is 15.4. The molecule has 1 unspecified atom stereocenters. The summed E-state index contributed by atoms with van der Waals surface area (Å²) in [6, 6.07) is 7.29. The van der Waals surface area contributed by atoms with E-state index < -0.39 is 11.5 Å². The topological polar surface area (TPSA) is 104 Å². The first kappa shape index (κ1) is 14.6. The zero-order valence-electron chi connectivity index (χ0n) is 13.2. The van der Waals surface area contributed by atoms with Crippen molar-refractivity contribution in [3.05, 3.63) is 58.0 Å². The van der Waals surface area contributed by atoms with E-state index in [0.717, 1.165) is 23.9 Å². The first-order valence-electron chi connectivity index (χ1n) is 7.96. The average Bonchev–Trinajstić information content (AvgIpc) is 3.32. The van der Waals surface area contributed by atoms with Crippen LogP contribution in [0.3, 0.4) is 0 Å².